The second-order valence-corrected chi connectivity index (χ2v) is 27.0. The van der Waals surface area contributed by atoms with E-state index in [0.717, 1.165) is 83.5 Å². The molecule has 0 saturated heterocycles. The van der Waals surface area contributed by atoms with Crippen LogP contribution < -0.4 is 5.32 Å². The topological polar surface area (TPSA) is 105 Å². The number of aliphatic hydroxyl groups excluding tert-OH is 1. The minimum atomic E-state index is -4.36. The highest BCUT2D eigenvalue weighted by Crippen LogP contribution is 2.43. The van der Waals surface area contributed by atoms with Gasteiger partial charge < -0.3 is 19.8 Å². The van der Waals surface area contributed by atoms with Crippen molar-refractivity contribution in [3.8, 4) is 0 Å². The maximum atomic E-state index is 13.1. The van der Waals surface area contributed by atoms with Gasteiger partial charge in [0, 0.05) is 6.42 Å². The third-order valence-electron chi connectivity index (χ3n) is 16.1. The Kier molecular flexibility index (Phi) is 63.9. The molecule has 85 heavy (non-hydrogen) atoms. The van der Waals surface area contributed by atoms with E-state index in [1.54, 1.807) is 6.08 Å². The average Bonchev–Trinajstić information content (AvgIpc) is 3.48. The normalized spacial score (nSPS) is 14.2. The van der Waals surface area contributed by atoms with Gasteiger partial charge in [0.1, 0.15) is 13.2 Å². The number of carbonyl (C=O) groups is 1. The molecule has 0 aromatic carbocycles. The molecule has 0 aromatic rings. The van der Waals surface area contributed by atoms with Crippen LogP contribution in [0.5, 0.6) is 0 Å². The first-order valence-corrected chi connectivity index (χ1v) is 37.6. The number of nitrogens with one attached hydrogen (secondary N) is 1. The summed E-state index contributed by atoms with van der Waals surface area (Å²) in [5.74, 6) is -0.177. The molecule has 3 N–H and O–H groups in total. The SMILES string of the molecule is CC/C=C\C/C=C\C/C=C\C/C=C\C/C=C\C/C=C\C/C=C\CCCCCCCCCCCCCCCC(=O)NC(COP(=O)(O)OCC[N+](C)(C)C)C(O)/C=C/CCCCCCCCCCCCCCCCCCCCCCCCCCCC. The van der Waals surface area contributed by atoms with E-state index in [1.807, 2.05) is 27.2 Å². The highest BCUT2D eigenvalue weighted by atomic mass is 31.2. The van der Waals surface area contributed by atoms with Crippen molar-refractivity contribution in [2.24, 2.45) is 0 Å². The zero-order valence-electron chi connectivity index (χ0n) is 56.6. The molecule has 0 heterocycles. The third-order valence-corrected chi connectivity index (χ3v) is 17.0. The lowest BCUT2D eigenvalue weighted by Gasteiger charge is -2.25. The molecule has 3 unspecified atom stereocenters. The van der Waals surface area contributed by atoms with Crippen LogP contribution in [0.4, 0.5) is 0 Å². The number of nitrogens with zero attached hydrogens (tertiary/aromatic N) is 1. The molecule has 0 bridgehead atoms. The fourth-order valence-electron chi connectivity index (χ4n) is 10.5. The summed E-state index contributed by atoms with van der Waals surface area (Å²) in [5, 5.41) is 14.0. The van der Waals surface area contributed by atoms with Crippen LogP contribution >= 0.6 is 7.82 Å². The van der Waals surface area contributed by atoms with Crippen molar-refractivity contribution < 1.29 is 32.9 Å². The Balaban J connectivity index is 4.08. The molecule has 9 heteroatoms. The maximum absolute atomic E-state index is 13.1. The maximum Gasteiger partial charge on any atom is 0.472 e. The number of allylic oxidation sites excluding steroid dienone is 15. The summed E-state index contributed by atoms with van der Waals surface area (Å²) >= 11 is 0. The standard InChI is InChI=1S/C76H139N2O6P/c1-6-8-10-12-14-16-18-20-22-24-26-28-30-32-34-36-37-38-39-40-41-42-44-46-48-50-52-54-56-58-60-62-64-66-68-70-76(80)77-74(73-84-85(81,82)83-72-71-78(3,4)5)75(79)69-67-65-63-61-59-57-55-53-51-49-47-45-43-35-33-31-29-27-25-23-21-19-17-15-13-11-9-7-2/h8,10,14,16,20,22,26,28,32,34,37-38,40-41,67,69,74-75,79H,6-7,9,11-13,15,17-19,21,23-25,27,29-31,33,35-36,39,42-66,68,70-73H2,1-5H3,(H-,77,80,81,82)/p+1/b10-8-,16-14-,22-20-,28-26-,34-32-,38-37-,41-40-,69-67+. The van der Waals surface area contributed by atoms with Crippen molar-refractivity contribution in [2.45, 2.75) is 341 Å². The first-order chi connectivity index (χ1) is 41.5. The molecule has 0 aliphatic carbocycles. The first kappa shape index (κ1) is 82.4. The van der Waals surface area contributed by atoms with Crippen LogP contribution in [0.2, 0.25) is 0 Å². The number of amides is 1. The fourth-order valence-corrected chi connectivity index (χ4v) is 11.2. The zero-order valence-corrected chi connectivity index (χ0v) is 57.5. The molecule has 0 spiro atoms. The largest absolute Gasteiger partial charge is 0.472 e. The van der Waals surface area contributed by atoms with E-state index in [-0.39, 0.29) is 19.1 Å². The Bertz CT molecular complexity index is 1710. The predicted octanol–water partition coefficient (Wildman–Crippen LogP) is 23.3. The molecule has 0 rings (SSSR count). The molecule has 0 aliphatic rings. The van der Waals surface area contributed by atoms with Gasteiger partial charge in [-0.05, 0) is 77.0 Å². The predicted molar refractivity (Wildman–Crippen MR) is 373 cm³/mol. The Morgan fingerprint density at radius 3 is 1.04 bits per heavy atom. The van der Waals surface area contributed by atoms with Crippen LogP contribution in [0, 0.1) is 0 Å². The molecule has 8 nitrogen and oxygen atoms in total. The number of phosphoric acid groups is 1. The van der Waals surface area contributed by atoms with Crippen LogP contribution in [0.3, 0.4) is 0 Å². The van der Waals surface area contributed by atoms with Crippen molar-refractivity contribution in [1.82, 2.24) is 5.32 Å². The number of quaternary nitrogens is 1. The summed E-state index contributed by atoms with van der Waals surface area (Å²) in [6.45, 7) is 4.74. The number of unbranched alkanes of at least 4 members (excludes halogenated alkanes) is 39. The lowest BCUT2D eigenvalue weighted by molar-refractivity contribution is -0.870. The Hall–Kier alpha value is -2.58. The number of likely N-dealkylation sites (N-methyl/N-ethyl adjacent to an activating group) is 1. The van der Waals surface area contributed by atoms with Gasteiger partial charge in [-0.15, -0.1) is 0 Å². The van der Waals surface area contributed by atoms with E-state index in [1.165, 1.54) is 225 Å². The van der Waals surface area contributed by atoms with Gasteiger partial charge in [-0.2, -0.15) is 0 Å². The zero-order chi connectivity index (χ0) is 61.9. The second-order valence-electron chi connectivity index (χ2n) is 25.6. The van der Waals surface area contributed by atoms with E-state index in [2.05, 4.69) is 104 Å². The molecular formula is C76H140N2O6P+. The molecule has 0 aliphatic heterocycles. The molecule has 0 fully saturated rings. The summed E-state index contributed by atoms with van der Waals surface area (Å²) in [6, 6.07) is -0.854. The third kappa shape index (κ3) is 68.8. The van der Waals surface area contributed by atoms with Gasteiger partial charge in [0.15, 0.2) is 0 Å². The molecule has 3 atom stereocenters. The van der Waals surface area contributed by atoms with E-state index in [9.17, 15) is 19.4 Å². The van der Waals surface area contributed by atoms with Gasteiger partial charge in [-0.25, -0.2) is 4.57 Å². The van der Waals surface area contributed by atoms with Gasteiger partial charge in [0.2, 0.25) is 5.91 Å². The summed E-state index contributed by atoms with van der Waals surface area (Å²) in [4.78, 5) is 23.4. The van der Waals surface area contributed by atoms with E-state index in [4.69, 9.17) is 9.05 Å². The van der Waals surface area contributed by atoms with Gasteiger partial charge in [0.25, 0.3) is 0 Å². The number of hydrogen-bond donors (Lipinski definition) is 3. The fraction of sp³-hybridized carbons (Fsp3) is 0.776. The van der Waals surface area contributed by atoms with E-state index < -0.39 is 20.0 Å². The molecule has 0 saturated carbocycles. The van der Waals surface area contributed by atoms with Gasteiger partial charge in [0.05, 0.1) is 39.9 Å². The second kappa shape index (κ2) is 65.9. The monoisotopic (exact) mass is 1210 g/mol. The summed E-state index contributed by atoms with van der Waals surface area (Å²) in [6.07, 6.45) is 95.5. The van der Waals surface area contributed by atoms with Crippen LogP contribution in [0.25, 0.3) is 0 Å². The average molecular weight is 1210 g/mol. The number of rotatable bonds is 66. The molecule has 494 valence electrons. The van der Waals surface area contributed by atoms with Gasteiger partial charge in [-0.3, -0.25) is 13.8 Å². The molecule has 0 radical (unpaired) electrons. The van der Waals surface area contributed by atoms with Crippen molar-refractivity contribution in [3.63, 3.8) is 0 Å². The lowest BCUT2D eigenvalue weighted by atomic mass is 10.0. The van der Waals surface area contributed by atoms with Crippen molar-refractivity contribution in [3.05, 3.63) is 97.2 Å². The van der Waals surface area contributed by atoms with Crippen molar-refractivity contribution >= 4 is 13.7 Å². The molecule has 1 amide bonds. The number of aliphatic hydroxyl groups is 1. The Morgan fingerprint density at radius 2 is 0.706 bits per heavy atom. The summed E-state index contributed by atoms with van der Waals surface area (Å²) in [5.41, 5.74) is 0. The minimum Gasteiger partial charge on any atom is -0.387 e. The van der Waals surface area contributed by atoms with E-state index >= 15 is 0 Å². The van der Waals surface area contributed by atoms with Crippen LogP contribution in [-0.2, 0) is 18.4 Å². The van der Waals surface area contributed by atoms with Crippen LogP contribution in [0.15, 0.2) is 97.2 Å². The van der Waals surface area contributed by atoms with Gasteiger partial charge in [-0.1, -0.05) is 342 Å². The molecular weight excluding hydrogens is 1070 g/mol. The Labute approximate surface area is 528 Å². The van der Waals surface area contributed by atoms with E-state index in [0.29, 0.717) is 17.4 Å². The number of carbonyl (C=O) groups excluding carboxylic acids is 1. The summed E-state index contributed by atoms with van der Waals surface area (Å²) in [7, 11) is 1.57. The highest BCUT2D eigenvalue weighted by molar-refractivity contribution is 7.47. The van der Waals surface area contributed by atoms with Crippen LogP contribution in [0.1, 0.15) is 328 Å². The highest BCUT2D eigenvalue weighted by Gasteiger charge is 2.28. The minimum absolute atomic E-state index is 0.0587. The van der Waals surface area contributed by atoms with Gasteiger partial charge >= 0.3 is 7.82 Å². The lowest BCUT2D eigenvalue weighted by Crippen LogP contribution is -2.45. The number of phosphoric ester groups is 1. The van der Waals surface area contributed by atoms with Crippen molar-refractivity contribution in [1.29, 1.82) is 0 Å². The molecule has 0 aromatic heterocycles. The first-order valence-electron chi connectivity index (χ1n) is 36.1. The number of hydrogen-bond acceptors (Lipinski definition) is 5. The summed E-state index contributed by atoms with van der Waals surface area (Å²) < 4.78 is 23.8. The quantitative estimate of drug-likeness (QED) is 0.0243. The smallest absolute Gasteiger partial charge is 0.387 e. The van der Waals surface area contributed by atoms with Crippen molar-refractivity contribution in [2.75, 3.05) is 40.9 Å². The van der Waals surface area contributed by atoms with Crippen LogP contribution in [-0.4, -0.2) is 73.4 Å². The Morgan fingerprint density at radius 1 is 0.412 bits per heavy atom.